The van der Waals surface area contributed by atoms with Crippen molar-refractivity contribution in [2.24, 2.45) is 0 Å². The number of hydrogen-bond donors (Lipinski definition) is 1. The number of carbonyl (C=O) groups is 2. The Bertz CT molecular complexity index is 1920. The Hall–Kier alpha value is -5.66. The lowest BCUT2D eigenvalue weighted by Crippen LogP contribution is -2.26. The van der Waals surface area contributed by atoms with E-state index in [2.05, 4.69) is 11.4 Å². The zero-order chi connectivity index (χ0) is 30.4. The summed E-state index contributed by atoms with van der Waals surface area (Å²) in [5.41, 5.74) is 2.46. The number of anilines is 2. The maximum atomic E-state index is 13.1. The van der Waals surface area contributed by atoms with Crippen molar-refractivity contribution in [3.8, 4) is 28.5 Å². The number of furan rings is 1. The summed E-state index contributed by atoms with van der Waals surface area (Å²) in [7, 11) is -2.56. The molecule has 5 rings (SSSR count). The van der Waals surface area contributed by atoms with Crippen LogP contribution in [0.15, 0.2) is 125 Å². The summed E-state index contributed by atoms with van der Waals surface area (Å²) < 4.78 is 38.6. The normalized spacial score (nSPS) is 10.9. The maximum Gasteiger partial charge on any atom is 0.338 e. The Morgan fingerprint density at radius 2 is 1.47 bits per heavy atom. The number of esters is 1. The molecule has 10 heteroatoms. The Morgan fingerprint density at radius 3 is 2.09 bits per heavy atom. The van der Waals surface area contributed by atoms with E-state index in [4.69, 9.17) is 9.15 Å². The second kappa shape index (κ2) is 12.5. The molecule has 0 unspecified atom stereocenters. The van der Waals surface area contributed by atoms with Gasteiger partial charge in [0, 0.05) is 18.2 Å². The van der Waals surface area contributed by atoms with Crippen molar-refractivity contribution >= 4 is 33.5 Å². The highest BCUT2D eigenvalue weighted by Gasteiger charge is 2.25. The molecule has 0 aliphatic rings. The van der Waals surface area contributed by atoms with Crippen LogP contribution < -0.4 is 9.62 Å². The van der Waals surface area contributed by atoms with Crippen LogP contribution in [0, 0.1) is 11.3 Å². The lowest BCUT2D eigenvalue weighted by molar-refractivity contribution is -0.119. The Labute approximate surface area is 248 Å². The van der Waals surface area contributed by atoms with Gasteiger partial charge in [-0.05, 0) is 35.9 Å². The number of nitriles is 1. The number of hydrogen-bond acceptors (Lipinski definition) is 7. The van der Waals surface area contributed by atoms with Gasteiger partial charge in [-0.3, -0.25) is 14.4 Å². The van der Waals surface area contributed by atoms with E-state index < -0.39 is 28.5 Å². The van der Waals surface area contributed by atoms with Crippen LogP contribution in [0.1, 0.15) is 15.9 Å². The summed E-state index contributed by atoms with van der Waals surface area (Å²) in [6.45, 7) is -0.702. The molecule has 0 spiro atoms. The minimum Gasteiger partial charge on any atom is -0.452 e. The molecule has 0 radical (unpaired) electrons. The highest BCUT2D eigenvalue weighted by molar-refractivity contribution is 7.92. The molecule has 43 heavy (non-hydrogen) atoms. The molecule has 0 fully saturated rings. The molecule has 1 heterocycles. The summed E-state index contributed by atoms with van der Waals surface area (Å²) in [4.78, 5) is 25.5. The van der Waals surface area contributed by atoms with Crippen molar-refractivity contribution in [3.05, 3.63) is 126 Å². The van der Waals surface area contributed by atoms with Gasteiger partial charge in [0.25, 0.3) is 15.9 Å². The van der Waals surface area contributed by atoms with Gasteiger partial charge in [-0.2, -0.15) is 5.26 Å². The Kier molecular flexibility index (Phi) is 8.36. The van der Waals surface area contributed by atoms with Crippen molar-refractivity contribution in [2.75, 3.05) is 23.3 Å². The SMILES string of the molecule is CN(c1ccccc1)S(=O)(=O)c1cccc(C(=O)OCC(=O)Nc2oc(-c3ccccc3)c(-c3ccccc3)c2C#N)c1. The number of ether oxygens (including phenoxy) is 1. The van der Waals surface area contributed by atoms with Gasteiger partial charge >= 0.3 is 5.97 Å². The highest BCUT2D eigenvalue weighted by atomic mass is 32.2. The van der Waals surface area contributed by atoms with Gasteiger partial charge in [0.05, 0.1) is 16.1 Å². The van der Waals surface area contributed by atoms with Gasteiger partial charge in [0.1, 0.15) is 17.4 Å². The van der Waals surface area contributed by atoms with Gasteiger partial charge in [0.15, 0.2) is 6.61 Å². The minimum absolute atomic E-state index is 0.0521. The van der Waals surface area contributed by atoms with Gasteiger partial charge in [-0.15, -0.1) is 0 Å². The van der Waals surface area contributed by atoms with Crippen molar-refractivity contribution in [2.45, 2.75) is 4.90 Å². The van der Waals surface area contributed by atoms with Crippen molar-refractivity contribution in [1.29, 1.82) is 5.26 Å². The van der Waals surface area contributed by atoms with Gasteiger partial charge in [-0.25, -0.2) is 13.2 Å². The molecule has 0 saturated heterocycles. The van der Waals surface area contributed by atoms with Crippen LogP contribution in [0.4, 0.5) is 11.6 Å². The largest absolute Gasteiger partial charge is 0.452 e. The van der Waals surface area contributed by atoms with Crippen molar-refractivity contribution in [3.63, 3.8) is 0 Å². The molecule has 5 aromatic rings. The van der Waals surface area contributed by atoms with Crippen LogP contribution in [0.2, 0.25) is 0 Å². The predicted octanol–water partition coefficient (Wildman–Crippen LogP) is 6.11. The third kappa shape index (κ3) is 6.17. The van der Waals surface area contributed by atoms with E-state index in [1.54, 1.807) is 30.3 Å². The van der Waals surface area contributed by atoms with E-state index in [-0.39, 0.29) is 21.9 Å². The second-order valence-corrected chi connectivity index (χ2v) is 11.3. The molecule has 0 atom stereocenters. The van der Waals surface area contributed by atoms with Crippen LogP contribution in [-0.2, 0) is 19.6 Å². The topological polar surface area (TPSA) is 130 Å². The molecule has 1 N–H and O–H groups in total. The molecule has 0 saturated carbocycles. The van der Waals surface area contributed by atoms with Crippen molar-refractivity contribution < 1.29 is 27.2 Å². The third-order valence-electron chi connectivity index (χ3n) is 6.55. The summed E-state index contributed by atoms with van der Waals surface area (Å²) in [6, 6.07) is 34.3. The molecule has 9 nitrogen and oxygen atoms in total. The quantitative estimate of drug-likeness (QED) is 0.205. The Morgan fingerprint density at radius 1 is 0.860 bits per heavy atom. The molecule has 214 valence electrons. The number of nitrogens with zero attached hydrogens (tertiary/aromatic N) is 2. The first-order chi connectivity index (χ1) is 20.8. The van der Waals surface area contributed by atoms with E-state index in [1.165, 1.54) is 31.3 Å². The summed E-state index contributed by atoms with van der Waals surface area (Å²) in [5, 5.41) is 12.5. The molecule has 0 aliphatic heterocycles. The first-order valence-electron chi connectivity index (χ1n) is 13.1. The first kappa shape index (κ1) is 28.9. The van der Waals surface area contributed by atoms with Crippen LogP contribution in [0.3, 0.4) is 0 Å². The minimum atomic E-state index is -3.97. The van der Waals surface area contributed by atoms with Crippen LogP contribution >= 0.6 is 0 Å². The molecule has 1 aromatic heterocycles. The molecule has 0 aliphatic carbocycles. The molecule has 1 amide bonds. The fraction of sp³-hybridized carbons (Fsp3) is 0.0606. The van der Waals surface area contributed by atoms with Crippen LogP contribution in [0.5, 0.6) is 0 Å². The Balaban J connectivity index is 1.33. The summed E-state index contributed by atoms with van der Waals surface area (Å²) in [5.74, 6) is -1.33. The molecule has 0 bridgehead atoms. The smallest absolute Gasteiger partial charge is 0.338 e. The number of carbonyl (C=O) groups excluding carboxylic acids is 2. The van der Waals surface area contributed by atoms with Gasteiger partial charge in [-0.1, -0.05) is 84.9 Å². The summed E-state index contributed by atoms with van der Waals surface area (Å²) in [6.07, 6.45) is 0. The average molecular weight is 592 g/mol. The van der Waals surface area contributed by atoms with E-state index in [9.17, 15) is 23.3 Å². The first-order valence-corrected chi connectivity index (χ1v) is 14.5. The number of rotatable bonds is 9. The fourth-order valence-electron chi connectivity index (χ4n) is 4.39. The van der Waals surface area contributed by atoms with Crippen LogP contribution in [-0.4, -0.2) is 33.9 Å². The lowest BCUT2D eigenvalue weighted by atomic mass is 9.98. The van der Waals surface area contributed by atoms with Gasteiger partial charge < -0.3 is 9.15 Å². The average Bonchev–Trinajstić information content (AvgIpc) is 3.42. The second-order valence-electron chi connectivity index (χ2n) is 9.31. The number of benzene rings is 4. The number of amides is 1. The zero-order valence-electron chi connectivity index (χ0n) is 22.9. The summed E-state index contributed by atoms with van der Waals surface area (Å²) >= 11 is 0. The number of para-hydroxylation sites is 1. The van der Waals surface area contributed by atoms with E-state index in [0.717, 1.165) is 9.87 Å². The standard InChI is InChI=1S/C33H25N3O6S/c1-36(26-17-9-4-10-18-26)43(39,40)27-19-11-16-25(20-27)33(38)41-22-29(37)35-32-28(21-34)30(23-12-5-2-6-13-23)31(42-32)24-14-7-3-8-15-24/h2-20H,22H2,1H3,(H,35,37). The van der Waals surface area contributed by atoms with Gasteiger partial charge in [0.2, 0.25) is 5.88 Å². The number of nitrogens with one attached hydrogen (secondary N) is 1. The van der Waals surface area contributed by atoms with E-state index >= 15 is 0 Å². The number of sulfonamides is 1. The molecular weight excluding hydrogens is 566 g/mol. The maximum absolute atomic E-state index is 13.1. The van der Waals surface area contributed by atoms with E-state index in [0.29, 0.717) is 22.6 Å². The third-order valence-corrected chi connectivity index (χ3v) is 8.34. The van der Waals surface area contributed by atoms with E-state index in [1.807, 2.05) is 60.7 Å². The monoisotopic (exact) mass is 591 g/mol. The molecular formula is C33H25N3O6S. The predicted molar refractivity (Wildman–Crippen MR) is 162 cm³/mol. The zero-order valence-corrected chi connectivity index (χ0v) is 23.7. The highest BCUT2D eigenvalue weighted by Crippen LogP contribution is 2.41. The lowest BCUT2D eigenvalue weighted by Gasteiger charge is -2.19. The van der Waals surface area contributed by atoms with Crippen molar-refractivity contribution in [1.82, 2.24) is 0 Å². The van der Waals surface area contributed by atoms with Crippen LogP contribution in [0.25, 0.3) is 22.5 Å². The molecule has 4 aromatic carbocycles. The fourth-order valence-corrected chi connectivity index (χ4v) is 5.64.